The van der Waals surface area contributed by atoms with Gasteiger partial charge in [-0.2, -0.15) is 26.3 Å². The lowest BCUT2D eigenvalue weighted by atomic mass is 10.0. The number of aromatic nitrogens is 2. The number of amides is 1. The van der Waals surface area contributed by atoms with Gasteiger partial charge in [0.15, 0.2) is 0 Å². The Labute approximate surface area is 208 Å². The number of carboxylic acids is 2. The smallest absolute Gasteiger partial charge is 0.475 e. The van der Waals surface area contributed by atoms with Crippen molar-refractivity contribution in [2.24, 2.45) is 5.73 Å². The first-order chi connectivity index (χ1) is 17.5. The average Bonchev–Trinajstić information content (AvgIpc) is 3.48. The number of carbonyl (C=O) groups excluding carboxylic acids is 1. The average molecular weight is 552 g/mol. The summed E-state index contributed by atoms with van der Waals surface area (Å²) in [6, 6.07) is 10.9. The Hall–Kier alpha value is -4.21. The van der Waals surface area contributed by atoms with Crippen molar-refractivity contribution in [3.8, 4) is 11.4 Å². The number of imidazole rings is 1. The first-order valence-corrected chi connectivity index (χ1v) is 10.4. The molecule has 1 atom stereocenters. The van der Waals surface area contributed by atoms with E-state index in [0.717, 1.165) is 24.6 Å². The number of rotatable bonds is 3. The fraction of sp³-hybridized carbons (Fsp3) is 0.273. The van der Waals surface area contributed by atoms with E-state index in [1.165, 1.54) is 18.1 Å². The number of hydrogen-bond acceptors (Lipinski definition) is 5. The maximum Gasteiger partial charge on any atom is 0.490 e. The van der Waals surface area contributed by atoms with E-state index in [1.807, 2.05) is 12.1 Å². The van der Waals surface area contributed by atoms with Crippen molar-refractivity contribution in [2.45, 2.75) is 31.2 Å². The summed E-state index contributed by atoms with van der Waals surface area (Å²) in [5.41, 5.74) is 8.38. The summed E-state index contributed by atoms with van der Waals surface area (Å²) in [5, 5.41) is 17.7. The van der Waals surface area contributed by atoms with E-state index in [9.17, 15) is 35.5 Å². The van der Waals surface area contributed by atoms with Gasteiger partial charge in [-0.3, -0.25) is 4.79 Å². The molecule has 6 N–H and O–H groups in total. The Morgan fingerprint density at radius 1 is 0.947 bits per heavy atom. The minimum absolute atomic E-state index is 0.0827. The van der Waals surface area contributed by atoms with Crippen molar-refractivity contribution in [1.82, 2.24) is 15.3 Å². The molecular formula is C22H19F7N4O5. The largest absolute Gasteiger partial charge is 0.490 e. The van der Waals surface area contributed by atoms with Gasteiger partial charge in [0.2, 0.25) is 0 Å². The van der Waals surface area contributed by atoms with Crippen LogP contribution in [-0.2, 0) is 9.59 Å². The maximum atomic E-state index is 13.6. The zero-order valence-electron chi connectivity index (χ0n) is 19.0. The number of nitrogens with two attached hydrogens (primary N) is 1. The highest BCUT2D eigenvalue weighted by molar-refractivity contribution is 6.04. The van der Waals surface area contributed by atoms with E-state index in [0.29, 0.717) is 22.9 Å². The Kier molecular flexibility index (Phi) is 9.39. The lowest BCUT2D eigenvalue weighted by molar-refractivity contribution is -0.193. The number of hydrogen-bond donors (Lipinski definition) is 5. The van der Waals surface area contributed by atoms with Crippen LogP contribution >= 0.6 is 0 Å². The van der Waals surface area contributed by atoms with Gasteiger partial charge in [0.05, 0.1) is 11.1 Å². The number of aromatic amines is 1. The lowest BCUT2D eigenvalue weighted by Gasteiger charge is -2.10. The van der Waals surface area contributed by atoms with E-state index in [1.54, 1.807) is 0 Å². The second-order valence-electron chi connectivity index (χ2n) is 7.68. The third-order valence-corrected chi connectivity index (χ3v) is 4.95. The molecular weight excluding hydrogens is 533 g/mol. The van der Waals surface area contributed by atoms with E-state index >= 15 is 0 Å². The summed E-state index contributed by atoms with van der Waals surface area (Å²) in [5.74, 6) is -6.14. The SMILES string of the molecule is NC(=O)c1cc(F)cc2[nH]c(-c3ccc(C4CCCN4)cc3)nc12.O=C(O)C(F)(F)F.O=C(O)C(F)(F)F. The van der Waals surface area contributed by atoms with Crippen LogP contribution in [0.1, 0.15) is 34.8 Å². The van der Waals surface area contributed by atoms with Gasteiger partial charge >= 0.3 is 24.3 Å². The zero-order chi connectivity index (χ0) is 28.8. The Morgan fingerprint density at radius 3 is 1.89 bits per heavy atom. The van der Waals surface area contributed by atoms with Gasteiger partial charge in [-0.1, -0.05) is 24.3 Å². The minimum Gasteiger partial charge on any atom is -0.475 e. The summed E-state index contributed by atoms with van der Waals surface area (Å²) in [6.45, 7) is 1.05. The van der Waals surface area contributed by atoms with E-state index < -0.39 is 36.0 Å². The molecule has 1 saturated heterocycles. The minimum atomic E-state index is -5.08. The number of H-pyrrole nitrogens is 1. The molecule has 1 amide bonds. The molecule has 4 rings (SSSR count). The highest BCUT2D eigenvalue weighted by Crippen LogP contribution is 2.27. The van der Waals surface area contributed by atoms with Crippen LogP contribution in [0.5, 0.6) is 0 Å². The van der Waals surface area contributed by atoms with Crippen LogP contribution in [0.25, 0.3) is 22.4 Å². The zero-order valence-corrected chi connectivity index (χ0v) is 19.0. The lowest BCUT2D eigenvalue weighted by Crippen LogP contribution is -2.21. The number of nitrogens with one attached hydrogen (secondary N) is 2. The van der Waals surface area contributed by atoms with E-state index in [-0.39, 0.29) is 5.56 Å². The molecule has 3 aromatic rings. The molecule has 16 heteroatoms. The topological polar surface area (TPSA) is 158 Å². The van der Waals surface area contributed by atoms with E-state index in [4.69, 9.17) is 25.5 Å². The highest BCUT2D eigenvalue weighted by Gasteiger charge is 2.38. The Bertz CT molecular complexity index is 1270. The molecule has 38 heavy (non-hydrogen) atoms. The quantitative estimate of drug-likeness (QED) is 0.305. The van der Waals surface area contributed by atoms with Crippen molar-refractivity contribution in [3.05, 3.63) is 53.3 Å². The predicted molar refractivity (Wildman–Crippen MR) is 117 cm³/mol. The number of nitrogens with zero attached hydrogens (tertiary/aromatic N) is 1. The van der Waals surface area contributed by atoms with Gasteiger partial charge < -0.3 is 26.2 Å². The molecule has 2 heterocycles. The van der Waals surface area contributed by atoms with Gasteiger partial charge in [0.1, 0.15) is 17.2 Å². The fourth-order valence-corrected chi connectivity index (χ4v) is 3.25. The van der Waals surface area contributed by atoms with Gasteiger partial charge in [-0.05, 0) is 37.1 Å². The molecule has 9 nitrogen and oxygen atoms in total. The Morgan fingerprint density at radius 2 is 1.47 bits per heavy atom. The molecule has 1 aliphatic rings. The number of primary amides is 1. The van der Waals surface area contributed by atoms with Crippen molar-refractivity contribution in [1.29, 1.82) is 0 Å². The van der Waals surface area contributed by atoms with Crippen molar-refractivity contribution in [3.63, 3.8) is 0 Å². The van der Waals surface area contributed by atoms with Gasteiger partial charge in [-0.25, -0.2) is 19.0 Å². The van der Waals surface area contributed by atoms with Crippen molar-refractivity contribution < 1.29 is 55.3 Å². The number of aliphatic carboxylic acids is 2. The molecule has 0 radical (unpaired) electrons. The summed E-state index contributed by atoms with van der Waals surface area (Å²) >= 11 is 0. The van der Waals surface area contributed by atoms with Gasteiger partial charge in [0, 0.05) is 11.6 Å². The third kappa shape index (κ3) is 8.16. The molecule has 0 spiro atoms. The monoisotopic (exact) mass is 552 g/mol. The van der Waals surface area contributed by atoms with Gasteiger partial charge in [-0.15, -0.1) is 0 Å². The highest BCUT2D eigenvalue weighted by atomic mass is 19.4. The molecule has 1 fully saturated rings. The molecule has 1 aromatic heterocycles. The van der Waals surface area contributed by atoms with Crippen LogP contribution in [0, 0.1) is 5.82 Å². The number of halogens is 7. The molecule has 1 aliphatic heterocycles. The number of alkyl halides is 6. The number of carboxylic acid groups (broad SMARTS) is 2. The fourth-order valence-electron chi connectivity index (χ4n) is 3.25. The molecule has 0 aliphatic carbocycles. The third-order valence-electron chi connectivity index (χ3n) is 4.95. The Balaban J connectivity index is 0.000000301. The van der Waals surface area contributed by atoms with Crippen molar-refractivity contribution >= 4 is 28.9 Å². The standard InChI is InChI=1S/C18H17FN4O.2C2HF3O2/c19-12-8-13(17(20)24)16-15(9-12)22-18(23-16)11-5-3-10(4-6-11)14-2-1-7-21-14;2*3-2(4,5)1(6)7/h3-6,8-9,14,21H,1-2,7H2,(H2,20,24)(H,22,23);2*(H,6,7). The van der Waals surface area contributed by atoms with Crippen LogP contribution in [0.3, 0.4) is 0 Å². The second-order valence-corrected chi connectivity index (χ2v) is 7.68. The second kappa shape index (κ2) is 11.9. The normalized spacial score (nSPS) is 15.2. The summed E-state index contributed by atoms with van der Waals surface area (Å²) in [7, 11) is 0. The molecule has 1 unspecified atom stereocenters. The predicted octanol–water partition coefficient (Wildman–Crippen LogP) is 4.16. The molecule has 0 bridgehead atoms. The molecule has 206 valence electrons. The van der Waals surface area contributed by atoms with Gasteiger partial charge in [0.25, 0.3) is 5.91 Å². The number of carbonyl (C=O) groups is 3. The summed E-state index contributed by atoms with van der Waals surface area (Å²) in [6.07, 6.45) is -7.83. The molecule has 0 saturated carbocycles. The van der Waals surface area contributed by atoms with Crippen LogP contribution in [-0.4, -0.2) is 56.9 Å². The number of fused-ring (bicyclic) bond motifs is 1. The van der Waals surface area contributed by atoms with Crippen LogP contribution in [0.15, 0.2) is 36.4 Å². The summed E-state index contributed by atoms with van der Waals surface area (Å²) in [4.78, 5) is 36.8. The maximum absolute atomic E-state index is 13.6. The van der Waals surface area contributed by atoms with Crippen molar-refractivity contribution in [2.75, 3.05) is 6.54 Å². The first-order valence-electron chi connectivity index (χ1n) is 10.4. The van der Waals surface area contributed by atoms with Crippen LogP contribution in [0.4, 0.5) is 30.7 Å². The number of benzene rings is 2. The van der Waals surface area contributed by atoms with Crippen LogP contribution in [0.2, 0.25) is 0 Å². The van der Waals surface area contributed by atoms with E-state index in [2.05, 4.69) is 27.4 Å². The van der Waals surface area contributed by atoms with Crippen LogP contribution < -0.4 is 11.1 Å². The summed E-state index contributed by atoms with van der Waals surface area (Å²) < 4.78 is 77.1. The first kappa shape index (κ1) is 30.0. The molecule has 2 aromatic carbocycles.